The third-order valence-electron chi connectivity index (χ3n) is 6.44. The lowest BCUT2D eigenvalue weighted by Gasteiger charge is -2.20. The molecule has 0 atom stereocenters. The standard InChI is InChI=1S/C29H26N2O2/c1-16-11-18(3)24(19(4)12-16)30-15-31(25-20(5)13-17(2)14-21(25)6)27-26(30)28(32)22-9-7-8-10-23(22)29(27)33/h7-14H,1-6H3. The molecule has 0 fully saturated rings. The van der Waals surface area contributed by atoms with Crippen LogP contribution in [0.4, 0.5) is 0 Å². The van der Waals surface area contributed by atoms with Gasteiger partial charge in [0.15, 0.2) is 11.6 Å². The fraction of sp³-hybridized carbons (Fsp3) is 0.207. The molecule has 1 aliphatic carbocycles. The largest absolute Gasteiger partial charge is 0.294 e. The summed E-state index contributed by atoms with van der Waals surface area (Å²) in [7, 11) is 0. The van der Waals surface area contributed by atoms with Crippen LogP contribution < -0.4 is 4.57 Å². The molecule has 1 aromatic heterocycles. The number of benzene rings is 3. The van der Waals surface area contributed by atoms with Gasteiger partial charge in [-0.15, -0.1) is 0 Å². The number of fused-ring (bicyclic) bond motifs is 2. The first-order valence-corrected chi connectivity index (χ1v) is 11.1. The number of hydrogen-bond acceptors (Lipinski definition) is 2. The van der Waals surface area contributed by atoms with Gasteiger partial charge in [-0.3, -0.25) is 18.7 Å². The van der Waals surface area contributed by atoms with E-state index in [0.717, 1.165) is 44.8 Å². The van der Waals surface area contributed by atoms with Crippen LogP contribution in [-0.4, -0.2) is 16.1 Å². The van der Waals surface area contributed by atoms with Crippen LogP contribution in [0.15, 0.2) is 48.5 Å². The van der Waals surface area contributed by atoms with E-state index >= 15 is 0 Å². The Hall–Kier alpha value is -3.79. The highest BCUT2D eigenvalue weighted by Gasteiger charge is 2.37. The lowest BCUT2D eigenvalue weighted by Crippen LogP contribution is -2.40. The van der Waals surface area contributed by atoms with Crippen LogP contribution >= 0.6 is 0 Å². The average molecular weight is 435 g/mol. The third kappa shape index (κ3) is 3.09. The molecule has 4 nitrogen and oxygen atoms in total. The minimum Gasteiger partial charge on any atom is -0.294 e. The summed E-state index contributed by atoms with van der Waals surface area (Å²) in [6, 6.07) is 15.5. The fourth-order valence-electron chi connectivity index (χ4n) is 5.34. The molecular weight excluding hydrogens is 408 g/mol. The first kappa shape index (κ1) is 21.1. The van der Waals surface area contributed by atoms with Crippen molar-refractivity contribution in [2.24, 2.45) is 0 Å². The number of aryl methyl sites for hydroxylation is 6. The summed E-state index contributed by atoms with van der Waals surface area (Å²) >= 11 is 0. The number of rotatable bonds is 2. The van der Waals surface area contributed by atoms with Crippen LogP contribution in [0.3, 0.4) is 0 Å². The summed E-state index contributed by atoms with van der Waals surface area (Å²) in [5, 5.41) is 0. The Morgan fingerprint density at radius 3 is 1.73 bits per heavy atom. The molecule has 3 aromatic carbocycles. The highest BCUT2D eigenvalue weighted by molar-refractivity contribution is 6.26. The number of aromatic nitrogens is 2. The van der Waals surface area contributed by atoms with Crippen LogP contribution in [0.2, 0.25) is 0 Å². The van der Waals surface area contributed by atoms with Crippen molar-refractivity contribution in [3.63, 3.8) is 0 Å². The first-order valence-electron chi connectivity index (χ1n) is 11.1. The maximum Gasteiger partial charge on any atom is 0.270 e. The van der Waals surface area contributed by atoms with Crippen molar-refractivity contribution in [1.82, 2.24) is 4.57 Å². The normalized spacial score (nSPS) is 12.7. The fourth-order valence-corrected chi connectivity index (χ4v) is 5.34. The molecule has 164 valence electrons. The predicted molar refractivity (Wildman–Crippen MR) is 128 cm³/mol. The third-order valence-corrected chi connectivity index (χ3v) is 6.44. The molecule has 4 heteroatoms. The molecule has 1 heterocycles. The Bertz CT molecular complexity index is 1350. The molecule has 0 radical (unpaired) electrons. The molecule has 0 amide bonds. The Morgan fingerprint density at radius 1 is 0.697 bits per heavy atom. The quantitative estimate of drug-likeness (QED) is 0.284. The van der Waals surface area contributed by atoms with Gasteiger partial charge in [0.2, 0.25) is 0 Å². The van der Waals surface area contributed by atoms with Crippen molar-refractivity contribution < 1.29 is 14.2 Å². The second kappa shape index (κ2) is 7.38. The van der Waals surface area contributed by atoms with Gasteiger partial charge < -0.3 is 0 Å². The second-order valence-corrected chi connectivity index (χ2v) is 9.17. The van der Waals surface area contributed by atoms with Gasteiger partial charge in [-0.1, -0.05) is 59.7 Å². The van der Waals surface area contributed by atoms with E-state index in [2.05, 4.69) is 44.4 Å². The van der Waals surface area contributed by atoms with Gasteiger partial charge in [0, 0.05) is 11.1 Å². The van der Waals surface area contributed by atoms with E-state index in [9.17, 15) is 9.59 Å². The summed E-state index contributed by atoms with van der Waals surface area (Å²) in [6.07, 6.45) is 3.41. The van der Waals surface area contributed by atoms with E-state index in [1.54, 1.807) is 33.4 Å². The maximum absolute atomic E-state index is 13.8. The zero-order valence-electron chi connectivity index (χ0n) is 19.8. The average Bonchev–Trinajstić information content (AvgIpc) is 3.10. The molecule has 0 saturated carbocycles. The van der Waals surface area contributed by atoms with Gasteiger partial charge in [-0.2, -0.15) is 0 Å². The summed E-state index contributed by atoms with van der Waals surface area (Å²) in [6.45, 7) is 12.2. The number of hydrogen-bond donors (Lipinski definition) is 0. The van der Waals surface area contributed by atoms with Crippen LogP contribution in [-0.2, 0) is 0 Å². The van der Waals surface area contributed by atoms with E-state index < -0.39 is 0 Å². The van der Waals surface area contributed by atoms with Crippen LogP contribution in [0.5, 0.6) is 0 Å². The Morgan fingerprint density at radius 2 is 1.18 bits per heavy atom. The van der Waals surface area contributed by atoms with Crippen LogP contribution in [0.1, 0.15) is 65.5 Å². The topological polar surface area (TPSA) is 43.0 Å². The van der Waals surface area contributed by atoms with Gasteiger partial charge in [-0.25, -0.2) is 0 Å². The molecule has 33 heavy (non-hydrogen) atoms. The molecule has 0 spiro atoms. The lowest BCUT2D eigenvalue weighted by molar-refractivity contribution is -0.602. The molecule has 0 saturated heterocycles. The van der Waals surface area contributed by atoms with Gasteiger partial charge in [0.25, 0.3) is 6.33 Å². The molecule has 5 rings (SSSR count). The van der Waals surface area contributed by atoms with E-state index in [-0.39, 0.29) is 11.6 Å². The summed E-state index contributed by atoms with van der Waals surface area (Å²) in [5.41, 5.74) is 9.83. The first-order chi connectivity index (χ1) is 15.7. The Balaban J connectivity index is 1.92. The van der Waals surface area contributed by atoms with Crippen molar-refractivity contribution in [1.29, 1.82) is 0 Å². The van der Waals surface area contributed by atoms with Crippen molar-refractivity contribution in [3.05, 3.63) is 111 Å². The SMILES string of the molecule is Cc1cc(C)c(-n2[c-][n+](-c3c(C)cc(C)cc3C)c3c2C(=O)c2ccccc2C3=O)c(C)c1. The van der Waals surface area contributed by atoms with Gasteiger partial charge in [0.05, 0.1) is 11.4 Å². The molecule has 1 aliphatic rings. The van der Waals surface area contributed by atoms with E-state index in [1.165, 1.54) is 0 Å². The molecular formula is C29H26N2O2. The zero-order chi connectivity index (χ0) is 23.6. The van der Waals surface area contributed by atoms with Crippen LogP contribution in [0.25, 0.3) is 11.4 Å². The van der Waals surface area contributed by atoms with Crippen LogP contribution in [0, 0.1) is 47.9 Å². The van der Waals surface area contributed by atoms with Crippen molar-refractivity contribution in [2.75, 3.05) is 0 Å². The second-order valence-electron chi connectivity index (χ2n) is 9.17. The monoisotopic (exact) mass is 434 g/mol. The highest BCUT2D eigenvalue weighted by Crippen LogP contribution is 2.31. The number of nitrogens with zero attached hydrogens (tertiary/aromatic N) is 2. The molecule has 0 bridgehead atoms. The number of carbonyl (C=O) groups is 2. The lowest BCUT2D eigenvalue weighted by atomic mass is 9.89. The Kier molecular flexibility index (Phi) is 4.71. The minimum atomic E-state index is -0.156. The van der Waals surface area contributed by atoms with Crippen molar-refractivity contribution >= 4 is 11.6 Å². The molecule has 0 unspecified atom stereocenters. The summed E-state index contributed by atoms with van der Waals surface area (Å²) in [4.78, 5) is 27.6. The molecule has 0 aliphatic heterocycles. The highest BCUT2D eigenvalue weighted by atomic mass is 16.1. The van der Waals surface area contributed by atoms with Gasteiger partial charge >= 0.3 is 0 Å². The van der Waals surface area contributed by atoms with E-state index in [1.807, 2.05) is 27.7 Å². The van der Waals surface area contributed by atoms with Crippen molar-refractivity contribution in [2.45, 2.75) is 41.5 Å². The van der Waals surface area contributed by atoms with Gasteiger partial charge in [0.1, 0.15) is 11.4 Å². The summed E-state index contributed by atoms with van der Waals surface area (Å²) < 4.78 is 3.60. The number of imidazole rings is 1. The number of carbonyl (C=O) groups excluding carboxylic acids is 2. The van der Waals surface area contributed by atoms with E-state index in [4.69, 9.17) is 0 Å². The Labute approximate surface area is 194 Å². The van der Waals surface area contributed by atoms with E-state index in [0.29, 0.717) is 22.5 Å². The van der Waals surface area contributed by atoms with Crippen molar-refractivity contribution in [3.8, 4) is 11.4 Å². The molecule has 4 aromatic rings. The van der Waals surface area contributed by atoms with Gasteiger partial charge in [-0.05, 0) is 63.8 Å². The molecule has 0 N–H and O–H groups in total. The summed E-state index contributed by atoms with van der Waals surface area (Å²) in [5.74, 6) is -0.311. The zero-order valence-corrected chi connectivity index (χ0v) is 19.8. The number of ketones is 2. The minimum absolute atomic E-state index is 0.156. The maximum atomic E-state index is 13.8. The smallest absolute Gasteiger partial charge is 0.270 e. The predicted octanol–water partition coefficient (Wildman–Crippen LogP) is 5.18.